The molecule has 13 N–H and O–H groups in total. The van der Waals surface area contributed by atoms with Crippen molar-refractivity contribution >= 4 is 112 Å². The minimum Gasteiger partial charge on any atom is -0.480 e. The molecular weight excluding hydrogens is 1300 g/mol. The van der Waals surface area contributed by atoms with Gasteiger partial charge in [0.05, 0.1) is 26.1 Å². The number of carboxylic acids is 4. The van der Waals surface area contributed by atoms with E-state index in [4.69, 9.17) is 12.2 Å². The lowest BCUT2D eigenvalue weighted by Crippen LogP contribution is -2.58. The number of anilines is 1. The van der Waals surface area contributed by atoms with Crippen molar-refractivity contribution in [3.63, 3.8) is 0 Å². The number of nitrogens with one attached hydrogen (secondary N) is 9. The van der Waals surface area contributed by atoms with Crippen LogP contribution < -0.4 is 47.9 Å². The van der Waals surface area contributed by atoms with E-state index in [9.17, 15) is 73.2 Å². The maximum Gasteiger partial charge on any atom is 0.326 e. The van der Waals surface area contributed by atoms with Gasteiger partial charge >= 0.3 is 23.9 Å². The van der Waals surface area contributed by atoms with Gasteiger partial charge in [-0.3, -0.25) is 62.6 Å². The van der Waals surface area contributed by atoms with Crippen LogP contribution in [0, 0.1) is 11.8 Å². The summed E-state index contributed by atoms with van der Waals surface area (Å²) >= 11 is 8.70. The van der Waals surface area contributed by atoms with Crippen molar-refractivity contribution in [1.82, 2.24) is 62.1 Å². The van der Waals surface area contributed by atoms with Crippen molar-refractivity contribution in [2.24, 2.45) is 11.8 Å². The van der Waals surface area contributed by atoms with Crippen LogP contribution >= 0.6 is 35.7 Å². The van der Waals surface area contributed by atoms with E-state index in [1.807, 2.05) is 43.6 Å². The number of carboxylic acid groups (broad SMARTS) is 4. The molecule has 31 heteroatoms. The van der Waals surface area contributed by atoms with Gasteiger partial charge in [0.15, 0.2) is 5.11 Å². The number of unbranched alkanes of at least 4 members (excludes halogenated alkanes) is 2. The number of carbonyl (C=O) groups excluding carboxylic acids is 7. The Morgan fingerprint density at radius 3 is 1.57 bits per heavy atom. The van der Waals surface area contributed by atoms with E-state index in [1.165, 1.54) is 30.4 Å². The molecule has 1 heterocycles. The molecule has 28 nitrogen and oxygen atoms in total. The molecule has 1 unspecified atom stereocenters. The Hall–Kier alpha value is -7.16. The second kappa shape index (κ2) is 44.6. The molecule has 7 amide bonds. The summed E-state index contributed by atoms with van der Waals surface area (Å²) in [4.78, 5) is 149. The van der Waals surface area contributed by atoms with Gasteiger partial charge < -0.3 is 73.2 Å². The molecule has 0 aliphatic carbocycles. The van der Waals surface area contributed by atoms with Crippen molar-refractivity contribution in [3.8, 4) is 0 Å². The van der Waals surface area contributed by atoms with E-state index in [1.54, 1.807) is 78.8 Å². The van der Waals surface area contributed by atoms with Crippen LogP contribution in [0.15, 0.2) is 48.5 Å². The van der Waals surface area contributed by atoms with E-state index < -0.39 is 113 Å². The summed E-state index contributed by atoms with van der Waals surface area (Å²) in [7, 11) is 3.88. The number of nitrogens with zero attached hydrogens (tertiary/aromatic N) is 4. The number of rotatable bonds is 43. The molecule has 0 radical (unpaired) electrons. The third-order valence-corrected chi connectivity index (χ3v) is 17.4. The zero-order chi connectivity index (χ0) is 71.4. The highest BCUT2D eigenvalue weighted by molar-refractivity contribution is 7.98. The Balaban J connectivity index is 1.68. The lowest BCUT2D eigenvalue weighted by atomic mass is 10.0. The highest BCUT2D eigenvalue weighted by Crippen LogP contribution is 2.18. The smallest absolute Gasteiger partial charge is 0.326 e. The predicted molar refractivity (Wildman–Crippen MR) is 374 cm³/mol. The summed E-state index contributed by atoms with van der Waals surface area (Å²) in [6.07, 6.45) is 7.25. The highest BCUT2D eigenvalue weighted by Gasteiger charge is 2.34. The molecule has 0 saturated carbocycles. The number of hydrogen-bond acceptors (Lipinski definition) is 18. The largest absolute Gasteiger partial charge is 0.480 e. The van der Waals surface area contributed by atoms with Gasteiger partial charge in [-0.25, -0.2) is 4.79 Å². The third-order valence-electron chi connectivity index (χ3n) is 15.9. The molecule has 0 aromatic heterocycles. The number of thioether (sulfide) groups is 2. The van der Waals surface area contributed by atoms with Crippen molar-refractivity contribution in [2.45, 2.75) is 148 Å². The lowest BCUT2D eigenvalue weighted by molar-refractivity contribution is -0.143. The van der Waals surface area contributed by atoms with Crippen LogP contribution in [-0.4, -0.2) is 256 Å². The molecule has 2 aromatic rings. The topological polar surface area (TPSA) is 390 Å². The number of aliphatic carboxylic acids is 4. The maximum absolute atomic E-state index is 14.3. The monoisotopic (exact) mass is 1400 g/mol. The third kappa shape index (κ3) is 33.2. The van der Waals surface area contributed by atoms with E-state index in [2.05, 4.69) is 47.9 Å². The standard InChI is InChI=1S/C65H103N13O15S3/c1-41(2)57(74-61(89)51(25-33-96-9)72-65(94)68-47-22-20-44(21-23-47)34-48-37-77(39-55(83)84)29-28-76(38-54(81)82)30-31-78(48)40-56(85)86)62(90)70-49(14-11-13-27-75(6)7)59(87)67-36-46-18-16-45(17-19-46)35-53(80)69-50(24-32-95-8)60(88)73-58(42(3)4)63(91)71-52(64(92)93)15-10-12-26-66-43(5)79/h16-23,41-42,48-52,57-58H,10-15,24-40H2,1-9H3,(H,66,79)(H,67,87)(H,69,80)(H,70,90)(H,71,91)(H,73,88)(H,74,89)(H,81,82)(H,83,84)(H,85,86)(H,92,93)(H2,68,72,94)/t48?,49-,50-,51-,52-,57-,58-/m0/s1. The molecule has 96 heavy (non-hydrogen) atoms. The fourth-order valence-electron chi connectivity index (χ4n) is 10.6. The van der Waals surface area contributed by atoms with Crippen LogP contribution in [0.5, 0.6) is 0 Å². The summed E-state index contributed by atoms with van der Waals surface area (Å²) < 4.78 is 0. The molecule has 0 bridgehead atoms. The van der Waals surface area contributed by atoms with E-state index in [0.717, 1.165) is 18.5 Å². The second-order valence-electron chi connectivity index (χ2n) is 25.0. The summed E-state index contributed by atoms with van der Waals surface area (Å²) in [5.41, 5.74) is 2.69. The Labute approximate surface area is 577 Å². The normalized spacial score (nSPS) is 15.8. The van der Waals surface area contributed by atoms with Gasteiger partial charge in [-0.05, 0) is 155 Å². The molecule has 1 aliphatic heterocycles. The molecule has 3 rings (SSSR count). The minimum atomic E-state index is -1.24. The van der Waals surface area contributed by atoms with E-state index in [0.29, 0.717) is 79.9 Å². The predicted octanol–water partition coefficient (Wildman–Crippen LogP) is 1.65. The van der Waals surface area contributed by atoms with Crippen LogP contribution in [0.2, 0.25) is 0 Å². The average Bonchev–Trinajstić information content (AvgIpc) is 1.22. The van der Waals surface area contributed by atoms with Crippen molar-refractivity contribution in [3.05, 3.63) is 65.2 Å². The number of amides is 7. The molecule has 2 aromatic carbocycles. The second-order valence-corrected chi connectivity index (χ2v) is 27.3. The fraction of sp³-hybridized carbons (Fsp3) is 0.631. The molecule has 0 spiro atoms. The van der Waals surface area contributed by atoms with Crippen LogP contribution in [0.4, 0.5) is 5.69 Å². The van der Waals surface area contributed by atoms with E-state index in [-0.39, 0.29) is 82.6 Å². The van der Waals surface area contributed by atoms with Gasteiger partial charge in [0, 0.05) is 64.5 Å². The zero-order valence-electron chi connectivity index (χ0n) is 56.9. The first kappa shape index (κ1) is 83.1. The SMILES string of the molecule is CSCC[C@H](NC(=O)Cc1ccc(CNC(=O)[C@H](CCCCN(C)C)NC(=O)[C@@H](NC(=O)[C@H](CCSC)NC(=S)Nc2ccc(CC3CN(CC(=O)O)CCN(CC(=O)O)CCN3CC(=O)O)cc2)C(C)C)cc1)C(=O)N[C@H](C(=O)N[C@@H](CCCCNC(C)=O)C(=O)O)C(C)C. The van der Waals surface area contributed by atoms with Crippen LogP contribution in [-0.2, 0) is 72.1 Å². The first-order valence-corrected chi connectivity index (χ1v) is 35.6. The number of thiocarbonyl (C=S) groups is 1. The van der Waals surface area contributed by atoms with E-state index >= 15 is 0 Å². The van der Waals surface area contributed by atoms with Crippen molar-refractivity contribution in [1.29, 1.82) is 0 Å². The van der Waals surface area contributed by atoms with Gasteiger partial charge in [-0.1, -0.05) is 64.1 Å². The molecule has 1 aliphatic rings. The first-order valence-electron chi connectivity index (χ1n) is 32.5. The Bertz CT molecular complexity index is 2860. The van der Waals surface area contributed by atoms with Crippen LogP contribution in [0.1, 0.15) is 103 Å². The first-order chi connectivity index (χ1) is 45.5. The van der Waals surface area contributed by atoms with Crippen LogP contribution in [0.3, 0.4) is 0 Å². The summed E-state index contributed by atoms with van der Waals surface area (Å²) in [6, 6.07) is 7.47. The van der Waals surface area contributed by atoms with Gasteiger partial charge in [0.2, 0.25) is 41.4 Å². The van der Waals surface area contributed by atoms with Gasteiger partial charge in [0.25, 0.3) is 0 Å². The Kier molecular flexibility index (Phi) is 38.6. The highest BCUT2D eigenvalue weighted by atomic mass is 32.2. The number of carbonyl (C=O) groups is 11. The summed E-state index contributed by atoms with van der Waals surface area (Å²) in [5.74, 6) is -7.64. The number of hydrogen-bond donors (Lipinski definition) is 13. The molecule has 1 fully saturated rings. The molecular formula is C65H103N13O15S3. The van der Waals surface area contributed by atoms with Gasteiger partial charge in [-0.2, -0.15) is 23.5 Å². The Morgan fingerprint density at radius 1 is 0.552 bits per heavy atom. The number of benzene rings is 2. The van der Waals surface area contributed by atoms with Crippen LogP contribution in [0.25, 0.3) is 0 Å². The van der Waals surface area contributed by atoms with Gasteiger partial charge in [-0.15, -0.1) is 0 Å². The summed E-state index contributed by atoms with van der Waals surface area (Å²) in [6.45, 7) is 9.95. The fourth-order valence-corrected chi connectivity index (χ4v) is 11.8. The van der Waals surface area contributed by atoms with Crippen molar-refractivity contribution < 1.29 is 73.2 Å². The minimum absolute atomic E-state index is 0.0780. The average molecular weight is 1400 g/mol. The molecule has 7 atom stereocenters. The maximum atomic E-state index is 14.3. The Morgan fingerprint density at radius 2 is 1.04 bits per heavy atom. The zero-order valence-corrected chi connectivity index (χ0v) is 59.3. The quantitative estimate of drug-likeness (QED) is 0.0332. The van der Waals surface area contributed by atoms with Gasteiger partial charge in [0.1, 0.15) is 36.3 Å². The lowest BCUT2D eigenvalue weighted by Gasteiger charge is -2.33. The molecule has 536 valence electrons. The summed E-state index contributed by atoms with van der Waals surface area (Å²) in [5, 5.41) is 64.7. The molecule has 1 saturated heterocycles. The van der Waals surface area contributed by atoms with Crippen molar-refractivity contribution in [2.75, 3.05) is 109 Å².